The molecule has 1 aromatic rings. The van der Waals surface area contributed by atoms with Crippen molar-refractivity contribution in [2.24, 2.45) is 11.8 Å². The van der Waals surface area contributed by atoms with Crippen LogP contribution < -0.4 is 0 Å². The van der Waals surface area contributed by atoms with Crippen molar-refractivity contribution in [2.75, 3.05) is 0 Å². The Bertz CT molecular complexity index is 732. The number of cyclic esters (lactones) is 1. The van der Waals surface area contributed by atoms with Crippen LogP contribution in [0.15, 0.2) is 36.4 Å². The van der Waals surface area contributed by atoms with Crippen LogP contribution >= 0.6 is 0 Å². The Morgan fingerprint density at radius 2 is 1.92 bits per heavy atom. The molecule has 0 amide bonds. The topological polar surface area (TPSA) is 83.8 Å². The lowest BCUT2D eigenvalue weighted by molar-refractivity contribution is -0.114. The molecule has 1 saturated carbocycles. The molecular weight excluding hydrogens is 308 g/mol. The lowest BCUT2D eigenvalue weighted by atomic mass is 10.00. The van der Waals surface area contributed by atoms with Gasteiger partial charge in [0.15, 0.2) is 5.78 Å². The number of rotatable bonds is 0. The van der Waals surface area contributed by atoms with Crippen LogP contribution in [0.2, 0.25) is 0 Å². The van der Waals surface area contributed by atoms with Gasteiger partial charge in [0.2, 0.25) is 0 Å². The third-order valence-electron chi connectivity index (χ3n) is 4.42. The number of fused-ring (bicyclic) bond motifs is 2. The SMILES string of the molecule is CC1C[C@H]2CC2/C=C\C=C\C(=O)Cc2cc(O)cc(O)c2C(=O)O1. The summed E-state index contributed by atoms with van der Waals surface area (Å²) in [6, 6.07) is 2.39. The number of ketones is 1. The Morgan fingerprint density at radius 3 is 2.71 bits per heavy atom. The van der Waals surface area contributed by atoms with Gasteiger partial charge in [-0.25, -0.2) is 4.79 Å². The van der Waals surface area contributed by atoms with Gasteiger partial charge in [-0.2, -0.15) is 0 Å². The maximum atomic E-state index is 12.4. The smallest absolute Gasteiger partial charge is 0.342 e. The number of esters is 1. The second kappa shape index (κ2) is 6.51. The highest BCUT2D eigenvalue weighted by molar-refractivity contribution is 5.98. The van der Waals surface area contributed by atoms with Crippen molar-refractivity contribution in [1.82, 2.24) is 0 Å². The number of aromatic hydroxyl groups is 2. The summed E-state index contributed by atoms with van der Waals surface area (Å²) in [5.41, 5.74) is 0.200. The van der Waals surface area contributed by atoms with E-state index >= 15 is 0 Å². The Kier molecular flexibility index (Phi) is 4.42. The number of phenols is 2. The first-order valence-corrected chi connectivity index (χ1v) is 8.07. The molecule has 1 heterocycles. The first-order valence-electron chi connectivity index (χ1n) is 8.07. The van der Waals surface area contributed by atoms with Gasteiger partial charge in [0.1, 0.15) is 17.1 Å². The van der Waals surface area contributed by atoms with Crippen molar-refractivity contribution in [3.8, 4) is 11.5 Å². The highest BCUT2D eigenvalue weighted by Gasteiger charge is 2.36. The average Bonchev–Trinajstić information content (AvgIpc) is 3.19. The number of hydrogen-bond acceptors (Lipinski definition) is 5. The lowest BCUT2D eigenvalue weighted by Crippen LogP contribution is -2.18. The van der Waals surface area contributed by atoms with E-state index < -0.39 is 5.97 Å². The van der Waals surface area contributed by atoms with Gasteiger partial charge in [0.05, 0.1) is 6.10 Å². The zero-order chi connectivity index (χ0) is 17.3. The van der Waals surface area contributed by atoms with Crippen LogP contribution in [-0.4, -0.2) is 28.1 Å². The van der Waals surface area contributed by atoms with E-state index in [1.54, 1.807) is 6.08 Å². The van der Waals surface area contributed by atoms with Crippen LogP contribution in [0.5, 0.6) is 11.5 Å². The molecule has 0 bridgehead atoms. The Hall–Kier alpha value is -2.56. The maximum Gasteiger partial charge on any atom is 0.342 e. The van der Waals surface area contributed by atoms with Crippen molar-refractivity contribution in [1.29, 1.82) is 0 Å². The number of allylic oxidation sites excluding steroid dienone is 4. The summed E-state index contributed by atoms with van der Waals surface area (Å²) < 4.78 is 5.44. The molecular formula is C19H20O5. The fraction of sp³-hybridized carbons (Fsp3) is 0.368. The number of carbonyl (C=O) groups excluding carboxylic acids is 2. The first kappa shape index (κ1) is 16.3. The van der Waals surface area contributed by atoms with E-state index in [1.165, 1.54) is 12.1 Å². The summed E-state index contributed by atoms with van der Waals surface area (Å²) in [5, 5.41) is 19.7. The van der Waals surface area contributed by atoms with Crippen LogP contribution in [-0.2, 0) is 16.0 Å². The van der Waals surface area contributed by atoms with E-state index in [9.17, 15) is 19.8 Å². The molecule has 3 rings (SSSR count). The van der Waals surface area contributed by atoms with Crippen LogP contribution in [0.1, 0.15) is 35.7 Å². The molecule has 0 spiro atoms. The van der Waals surface area contributed by atoms with Crippen molar-refractivity contribution in [3.05, 3.63) is 47.6 Å². The third kappa shape index (κ3) is 3.67. The Balaban J connectivity index is 1.96. The van der Waals surface area contributed by atoms with Crippen molar-refractivity contribution in [3.63, 3.8) is 0 Å². The molecule has 1 aliphatic heterocycles. The molecule has 5 nitrogen and oxygen atoms in total. The standard InChI is InChI=1S/C19H20O5/c1-11-6-13-7-12(13)4-2-3-5-15(20)8-14-9-16(21)10-17(22)18(14)19(23)24-11/h2-5,9-13,21-22H,6-8H2,1H3/b4-2-,5-3+/t11?,12?,13-/m0/s1. The molecule has 5 heteroatoms. The maximum absolute atomic E-state index is 12.4. The predicted octanol–water partition coefficient (Wildman–Crippen LogP) is 2.91. The largest absolute Gasteiger partial charge is 0.508 e. The molecule has 1 fully saturated rings. The van der Waals surface area contributed by atoms with E-state index in [4.69, 9.17) is 4.74 Å². The molecule has 0 radical (unpaired) electrons. The minimum absolute atomic E-state index is 0.0543. The average molecular weight is 328 g/mol. The summed E-state index contributed by atoms with van der Waals surface area (Å²) in [5.74, 6) is -0.538. The van der Waals surface area contributed by atoms with Gasteiger partial charge in [-0.1, -0.05) is 18.2 Å². The zero-order valence-electron chi connectivity index (χ0n) is 13.4. The normalized spacial score (nSPS) is 29.6. The number of carbonyl (C=O) groups is 2. The lowest BCUT2D eigenvalue weighted by Gasteiger charge is -2.16. The summed E-state index contributed by atoms with van der Waals surface area (Å²) >= 11 is 0. The number of phenolic OH excluding ortho intramolecular Hbond substituents is 2. The molecule has 2 N–H and O–H groups in total. The van der Waals surface area contributed by atoms with E-state index in [2.05, 4.69) is 6.08 Å². The molecule has 0 saturated heterocycles. The van der Waals surface area contributed by atoms with E-state index in [0.717, 1.165) is 18.9 Å². The molecule has 24 heavy (non-hydrogen) atoms. The molecule has 126 valence electrons. The van der Waals surface area contributed by atoms with Crippen molar-refractivity contribution >= 4 is 11.8 Å². The fourth-order valence-corrected chi connectivity index (χ4v) is 3.15. The molecule has 2 unspecified atom stereocenters. The van der Waals surface area contributed by atoms with Gasteiger partial charge in [-0.15, -0.1) is 0 Å². The molecule has 2 aliphatic rings. The van der Waals surface area contributed by atoms with Crippen LogP contribution in [0.4, 0.5) is 0 Å². The predicted molar refractivity (Wildman–Crippen MR) is 87.9 cm³/mol. The first-order chi connectivity index (χ1) is 11.4. The molecule has 1 aliphatic carbocycles. The van der Waals surface area contributed by atoms with E-state index in [0.29, 0.717) is 11.8 Å². The summed E-state index contributed by atoms with van der Waals surface area (Å²) in [4.78, 5) is 24.5. The van der Waals surface area contributed by atoms with Gasteiger partial charge in [-0.05, 0) is 49.3 Å². The highest BCUT2D eigenvalue weighted by Crippen LogP contribution is 2.43. The highest BCUT2D eigenvalue weighted by atomic mass is 16.5. The Morgan fingerprint density at radius 1 is 1.12 bits per heavy atom. The Labute approximate surface area is 140 Å². The molecule has 0 aromatic heterocycles. The van der Waals surface area contributed by atoms with Gasteiger partial charge >= 0.3 is 5.97 Å². The van der Waals surface area contributed by atoms with E-state index in [-0.39, 0.29) is 40.9 Å². The van der Waals surface area contributed by atoms with Gasteiger partial charge in [0.25, 0.3) is 0 Å². The monoisotopic (exact) mass is 328 g/mol. The van der Waals surface area contributed by atoms with Crippen LogP contribution in [0, 0.1) is 11.8 Å². The van der Waals surface area contributed by atoms with Gasteiger partial charge < -0.3 is 14.9 Å². The number of ether oxygens (including phenoxy) is 1. The molecule has 3 atom stereocenters. The minimum Gasteiger partial charge on any atom is -0.508 e. The summed E-state index contributed by atoms with van der Waals surface area (Å²) in [6.07, 6.45) is 8.49. The fourth-order valence-electron chi connectivity index (χ4n) is 3.15. The van der Waals surface area contributed by atoms with Crippen LogP contribution in [0.25, 0.3) is 0 Å². The quantitative estimate of drug-likeness (QED) is 0.715. The molecule has 1 aromatic carbocycles. The third-order valence-corrected chi connectivity index (χ3v) is 4.42. The summed E-state index contributed by atoms with van der Waals surface area (Å²) in [6.45, 7) is 1.82. The van der Waals surface area contributed by atoms with Gasteiger partial charge in [-0.3, -0.25) is 4.79 Å². The minimum atomic E-state index is -0.670. The zero-order valence-corrected chi connectivity index (χ0v) is 13.4. The van der Waals surface area contributed by atoms with Crippen LogP contribution in [0.3, 0.4) is 0 Å². The van der Waals surface area contributed by atoms with E-state index in [1.807, 2.05) is 13.0 Å². The second-order valence-corrected chi connectivity index (χ2v) is 6.50. The van der Waals surface area contributed by atoms with Gasteiger partial charge in [0, 0.05) is 12.5 Å². The number of benzene rings is 1. The van der Waals surface area contributed by atoms with Crippen molar-refractivity contribution in [2.45, 2.75) is 32.3 Å². The van der Waals surface area contributed by atoms with Crippen molar-refractivity contribution < 1.29 is 24.5 Å². The second-order valence-electron chi connectivity index (χ2n) is 6.50. The summed E-state index contributed by atoms with van der Waals surface area (Å²) in [7, 11) is 0. The number of hydrogen-bond donors (Lipinski definition) is 2.